The second-order valence-electron chi connectivity index (χ2n) is 4.64. The molecule has 1 aromatic heterocycles. The third-order valence-electron chi connectivity index (χ3n) is 3.09. The van der Waals surface area contributed by atoms with E-state index in [0.717, 1.165) is 4.47 Å². The molecule has 2 atom stereocenters. The molecule has 2 rings (SSSR count). The van der Waals surface area contributed by atoms with Crippen molar-refractivity contribution in [2.45, 2.75) is 26.0 Å². The number of ether oxygens (including phenoxy) is 1. The highest BCUT2D eigenvalue weighted by atomic mass is 79.9. The molecule has 0 saturated carbocycles. The number of carbonyl (C=O) groups is 1. The average Bonchev–Trinajstić information content (AvgIpc) is 2.40. The lowest BCUT2D eigenvalue weighted by atomic mass is 10.1. The van der Waals surface area contributed by atoms with Crippen LogP contribution in [-0.4, -0.2) is 41.1 Å². The minimum Gasteiger partial charge on any atom is -0.375 e. The molecule has 1 fully saturated rings. The van der Waals surface area contributed by atoms with Crippen molar-refractivity contribution in [1.82, 2.24) is 9.88 Å². The molecule has 0 aliphatic carbocycles. The Hall–Kier alpha value is -1.18. The van der Waals surface area contributed by atoms with Crippen LogP contribution >= 0.6 is 15.9 Å². The van der Waals surface area contributed by atoms with Crippen LogP contribution in [0.3, 0.4) is 0 Å². The fraction of sp³-hybridized carbons (Fsp3) is 0.500. The van der Waals surface area contributed by atoms with Crippen LogP contribution in [-0.2, 0) is 4.74 Å². The summed E-state index contributed by atoms with van der Waals surface area (Å²) in [5.41, 5.74) is 2.91. The number of morpholine rings is 1. The first-order valence-corrected chi connectivity index (χ1v) is 6.87. The molecule has 19 heavy (non-hydrogen) atoms. The molecule has 3 N–H and O–H groups in total. The van der Waals surface area contributed by atoms with E-state index in [2.05, 4.69) is 26.3 Å². The van der Waals surface area contributed by atoms with E-state index in [0.29, 0.717) is 24.5 Å². The highest BCUT2D eigenvalue weighted by Gasteiger charge is 2.29. The largest absolute Gasteiger partial charge is 0.375 e. The summed E-state index contributed by atoms with van der Waals surface area (Å²) >= 11 is 3.32. The van der Waals surface area contributed by atoms with Gasteiger partial charge in [0.05, 0.1) is 24.3 Å². The fourth-order valence-electron chi connectivity index (χ4n) is 2.06. The predicted octanol–water partition coefficient (Wildman–Crippen LogP) is 1.38. The van der Waals surface area contributed by atoms with Gasteiger partial charge in [0.25, 0.3) is 5.91 Å². The molecule has 6 nitrogen and oxygen atoms in total. The van der Waals surface area contributed by atoms with Gasteiger partial charge in [-0.2, -0.15) is 0 Å². The zero-order valence-electron chi connectivity index (χ0n) is 10.9. The van der Waals surface area contributed by atoms with Gasteiger partial charge < -0.3 is 15.1 Å². The number of nitrogen functional groups attached to an aromatic ring is 1. The van der Waals surface area contributed by atoms with Crippen LogP contribution in [0.4, 0.5) is 5.82 Å². The molecule has 1 saturated heterocycles. The number of carbonyl (C=O) groups excluding carboxylic acids is 1. The van der Waals surface area contributed by atoms with Crippen LogP contribution < -0.4 is 11.3 Å². The summed E-state index contributed by atoms with van der Waals surface area (Å²) in [5.74, 6) is 5.69. The summed E-state index contributed by atoms with van der Waals surface area (Å²) < 4.78 is 6.27. The van der Waals surface area contributed by atoms with Crippen LogP contribution in [0.1, 0.15) is 24.2 Å². The van der Waals surface area contributed by atoms with E-state index < -0.39 is 0 Å². The maximum absolute atomic E-state index is 12.6. The molecule has 2 unspecified atom stereocenters. The quantitative estimate of drug-likeness (QED) is 0.633. The number of nitrogens with zero attached hydrogens (tertiary/aromatic N) is 2. The number of rotatable bonds is 2. The summed E-state index contributed by atoms with van der Waals surface area (Å²) in [5, 5.41) is 0. The Morgan fingerprint density at radius 1 is 1.63 bits per heavy atom. The highest BCUT2D eigenvalue weighted by molar-refractivity contribution is 9.10. The third kappa shape index (κ3) is 3.05. The van der Waals surface area contributed by atoms with E-state index in [9.17, 15) is 4.79 Å². The number of hydrazine groups is 1. The summed E-state index contributed by atoms with van der Waals surface area (Å²) in [4.78, 5) is 18.5. The van der Waals surface area contributed by atoms with Gasteiger partial charge in [0.1, 0.15) is 0 Å². The second-order valence-corrected chi connectivity index (χ2v) is 5.56. The Kier molecular flexibility index (Phi) is 4.38. The smallest absolute Gasteiger partial charge is 0.258 e. The topological polar surface area (TPSA) is 80.5 Å². The molecule has 0 radical (unpaired) electrons. The van der Waals surface area contributed by atoms with Crippen molar-refractivity contribution in [1.29, 1.82) is 0 Å². The summed E-state index contributed by atoms with van der Waals surface area (Å²) in [6.07, 6.45) is 1.63. The monoisotopic (exact) mass is 328 g/mol. The first kappa shape index (κ1) is 14.2. The lowest BCUT2D eigenvalue weighted by Crippen LogP contribution is -2.50. The van der Waals surface area contributed by atoms with Crippen molar-refractivity contribution in [3.05, 3.63) is 22.3 Å². The molecule has 7 heteroatoms. The van der Waals surface area contributed by atoms with Gasteiger partial charge in [-0.15, -0.1) is 0 Å². The van der Waals surface area contributed by atoms with Crippen LogP contribution in [0.25, 0.3) is 0 Å². The lowest BCUT2D eigenvalue weighted by Gasteiger charge is -2.37. The molecule has 0 spiro atoms. The number of nitrogens with two attached hydrogens (primary N) is 1. The molecule has 0 bridgehead atoms. The van der Waals surface area contributed by atoms with Gasteiger partial charge in [-0.05, 0) is 35.8 Å². The second kappa shape index (κ2) is 5.85. The number of nitrogens with one attached hydrogen (secondary N) is 1. The summed E-state index contributed by atoms with van der Waals surface area (Å²) in [7, 11) is 0. The molecular formula is C12H17BrN4O2. The number of amides is 1. The Morgan fingerprint density at radius 3 is 3.05 bits per heavy atom. The van der Waals surface area contributed by atoms with Crippen molar-refractivity contribution in [3.63, 3.8) is 0 Å². The van der Waals surface area contributed by atoms with Crippen LogP contribution in [0.15, 0.2) is 16.7 Å². The van der Waals surface area contributed by atoms with Gasteiger partial charge in [0.2, 0.25) is 0 Å². The van der Waals surface area contributed by atoms with E-state index >= 15 is 0 Å². The molecular weight excluding hydrogens is 312 g/mol. The number of anilines is 1. The van der Waals surface area contributed by atoms with Crippen molar-refractivity contribution >= 4 is 27.7 Å². The number of hydrogen-bond donors (Lipinski definition) is 2. The first-order chi connectivity index (χ1) is 9.02. The van der Waals surface area contributed by atoms with E-state index in [1.807, 2.05) is 13.8 Å². The van der Waals surface area contributed by atoms with Gasteiger partial charge in [0.15, 0.2) is 5.82 Å². The molecule has 1 aromatic rings. The number of hydrogen-bond acceptors (Lipinski definition) is 5. The van der Waals surface area contributed by atoms with E-state index in [4.69, 9.17) is 10.6 Å². The molecule has 104 valence electrons. The van der Waals surface area contributed by atoms with Gasteiger partial charge in [-0.25, -0.2) is 10.8 Å². The van der Waals surface area contributed by atoms with Gasteiger partial charge >= 0.3 is 0 Å². The van der Waals surface area contributed by atoms with Crippen LogP contribution in [0, 0.1) is 0 Å². The summed E-state index contributed by atoms with van der Waals surface area (Å²) in [6.45, 7) is 5.02. The molecule has 2 heterocycles. The Balaban J connectivity index is 2.30. The first-order valence-electron chi connectivity index (χ1n) is 6.07. The third-order valence-corrected chi connectivity index (χ3v) is 3.52. The van der Waals surface area contributed by atoms with Gasteiger partial charge in [-0.1, -0.05) is 0 Å². The molecule has 0 aromatic carbocycles. The SMILES string of the molecule is CC1CN(C(=O)c2cc(Br)cnc2NN)C(C)CO1. The Labute approximate surface area is 120 Å². The molecule has 1 amide bonds. The standard InChI is InChI=1S/C12H17BrN4O2/c1-7-6-19-8(2)5-17(7)12(18)10-3-9(13)4-15-11(10)16-14/h3-4,7-8H,5-6,14H2,1-2H3,(H,15,16). The highest BCUT2D eigenvalue weighted by Crippen LogP contribution is 2.22. The fourth-order valence-corrected chi connectivity index (χ4v) is 2.39. The normalized spacial score (nSPS) is 23.3. The zero-order chi connectivity index (χ0) is 14.0. The molecule has 1 aliphatic rings. The van der Waals surface area contributed by atoms with Gasteiger partial charge in [-0.3, -0.25) is 4.79 Å². The van der Waals surface area contributed by atoms with Crippen molar-refractivity contribution in [3.8, 4) is 0 Å². The lowest BCUT2D eigenvalue weighted by molar-refractivity contribution is -0.0386. The van der Waals surface area contributed by atoms with Crippen molar-refractivity contribution < 1.29 is 9.53 Å². The maximum atomic E-state index is 12.6. The molecule has 1 aliphatic heterocycles. The summed E-state index contributed by atoms with van der Waals surface area (Å²) in [6, 6.07) is 1.76. The minimum absolute atomic E-state index is 0.0355. The van der Waals surface area contributed by atoms with Gasteiger partial charge in [0, 0.05) is 17.2 Å². The predicted molar refractivity (Wildman–Crippen MR) is 75.7 cm³/mol. The minimum atomic E-state index is -0.0931. The maximum Gasteiger partial charge on any atom is 0.258 e. The number of pyridine rings is 1. The average molecular weight is 329 g/mol. The number of aromatic nitrogens is 1. The number of halogens is 1. The van der Waals surface area contributed by atoms with E-state index in [-0.39, 0.29) is 18.1 Å². The van der Waals surface area contributed by atoms with Crippen LogP contribution in [0.5, 0.6) is 0 Å². The Morgan fingerprint density at radius 2 is 2.37 bits per heavy atom. The van der Waals surface area contributed by atoms with Crippen molar-refractivity contribution in [2.24, 2.45) is 5.84 Å². The zero-order valence-corrected chi connectivity index (χ0v) is 12.5. The van der Waals surface area contributed by atoms with E-state index in [1.54, 1.807) is 17.2 Å². The van der Waals surface area contributed by atoms with Crippen molar-refractivity contribution in [2.75, 3.05) is 18.6 Å². The Bertz CT molecular complexity index is 483. The van der Waals surface area contributed by atoms with Crippen LogP contribution in [0.2, 0.25) is 0 Å². The van der Waals surface area contributed by atoms with E-state index in [1.165, 1.54) is 0 Å².